The molecule has 2 N–H and O–H groups in total. The van der Waals surface area contributed by atoms with Crippen molar-refractivity contribution in [3.63, 3.8) is 0 Å². The molecule has 3 saturated heterocycles. The molecule has 1 aromatic carbocycles. The normalized spacial score (nSPS) is 33.3. The van der Waals surface area contributed by atoms with Gasteiger partial charge in [0, 0.05) is 34.9 Å². The molecule has 1 aromatic rings. The number of rotatable bonds is 8. The van der Waals surface area contributed by atoms with E-state index < -0.39 is 29.6 Å². The maximum Gasteiger partial charge on any atom is 0.246 e. The van der Waals surface area contributed by atoms with Crippen molar-refractivity contribution in [2.45, 2.75) is 82.1 Å². The average molecular weight is 604 g/mol. The first-order valence-electron chi connectivity index (χ1n) is 15.2. The molecule has 10 heteroatoms. The van der Waals surface area contributed by atoms with Crippen LogP contribution in [0, 0.1) is 17.8 Å². The summed E-state index contributed by atoms with van der Waals surface area (Å²) in [7, 11) is 0. The monoisotopic (exact) mass is 602 g/mol. The number of nitrogens with one attached hydrogen (secondary N) is 2. The van der Waals surface area contributed by atoms with Crippen molar-refractivity contribution in [3.8, 4) is 0 Å². The first-order chi connectivity index (χ1) is 19.7. The molecule has 222 valence electrons. The first kappa shape index (κ1) is 29.0. The van der Waals surface area contributed by atoms with Crippen LogP contribution in [0.15, 0.2) is 30.4 Å². The lowest BCUT2D eigenvalue weighted by Crippen LogP contribution is -2.56. The van der Waals surface area contributed by atoms with Gasteiger partial charge in [0.2, 0.25) is 17.7 Å². The summed E-state index contributed by atoms with van der Waals surface area (Å²) < 4.78 is 6.48. The van der Waals surface area contributed by atoms with Crippen molar-refractivity contribution >= 4 is 46.6 Å². The van der Waals surface area contributed by atoms with Gasteiger partial charge >= 0.3 is 0 Å². The second-order valence-corrected chi connectivity index (χ2v) is 13.5. The molecule has 5 aliphatic rings. The maximum absolute atomic E-state index is 14.2. The largest absolute Gasteiger partial charge is 0.359 e. The Hall–Kier alpha value is -2.13. The Labute approximate surface area is 252 Å². The number of benzene rings is 1. The number of anilines is 1. The van der Waals surface area contributed by atoms with Crippen molar-refractivity contribution in [1.29, 1.82) is 0 Å². The third-order valence-corrected chi connectivity index (χ3v) is 10.1. The molecule has 0 aromatic heterocycles. The number of halogens is 2. The van der Waals surface area contributed by atoms with E-state index in [1.807, 2.05) is 12.2 Å². The zero-order valence-electron chi connectivity index (χ0n) is 23.6. The number of fused-ring (bicyclic) bond motifs is 1. The average Bonchev–Trinajstić information content (AvgIpc) is 3.56. The number of carbonyl (C=O) groups is 3. The minimum absolute atomic E-state index is 0.104. The van der Waals surface area contributed by atoms with Crippen LogP contribution >= 0.6 is 23.2 Å². The molecule has 2 bridgehead atoms. The SMILES string of the molecule is C[C@@H]1CCCN(CCCN2C(=O)[C@@H]3[C@H](C(=O)Nc4cc(Cl)cc(Cl)c4)[C@@H]4C=C[C@@]3(O4)[C@H]2C(=O)NC2CCCCC2)C1. The van der Waals surface area contributed by atoms with Gasteiger partial charge in [0.1, 0.15) is 11.6 Å². The van der Waals surface area contributed by atoms with Crippen LogP contribution in [0.2, 0.25) is 10.0 Å². The van der Waals surface area contributed by atoms with Crippen LogP contribution in [0.3, 0.4) is 0 Å². The van der Waals surface area contributed by atoms with Gasteiger partial charge in [0.25, 0.3) is 0 Å². The highest BCUT2D eigenvalue weighted by Gasteiger charge is 2.72. The molecule has 0 radical (unpaired) electrons. The summed E-state index contributed by atoms with van der Waals surface area (Å²) in [5, 5.41) is 6.96. The zero-order chi connectivity index (χ0) is 28.7. The Morgan fingerprint density at radius 1 is 1.02 bits per heavy atom. The first-order valence-corrected chi connectivity index (χ1v) is 16.0. The molecule has 1 saturated carbocycles. The van der Waals surface area contributed by atoms with Gasteiger partial charge in [-0.1, -0.05) is 61.5 Å². The van der Waals surface area contributed by atoms with Gasteiger partial charge in [0.15, 0.2) is 0 Å². The predicted octanol–water partition coefficient (Wildman–Crippen LogP) is 4.65. The number of amides is 3. The number of piperidine rings is 1. The van der Waals surface area contributed by atoms with Crippen molar-refractivity contribution in [2.75, 3.05) is 31.5 Å². The van der Waals surface area contributed by atoms with Crippen LogP contribution in [-0.2, 0) is 19.1 Å². The second kappa shape index (κ2) is 11.9. The summed E-state index contributed by atoms with van der Waals surface area (Å²) in [4.78, 5) is 46.0. The molecular formula is C31H40Cl2N4O4. The van der Waals surface area contributed by atoms with Crippen LogP contribution < -0.4 is 10.6 Å². The number of hydrogen-bond acceptors (Lipinski definition) is 5. The van der Waals surface area contributed by atoms with Gasteiger partial charge in [-0.05, 0) is 69.3 Å². The van der Waals surface area contributed by atoms with Crippen LogP contribution in [0.5, 0.6) is 0 Å². The Morgan fingerprint density at radius 3 is 2.51 bits per heavy atom. The van der Waals surface area contributed by atoms with Crippen molar-refractivity contribution < 1.29 is 19.1 Å². The van der Waals surface area contributed by atoms with Crippen LogP contribution in [0.25, 0.3) is 0 Å². The fourth-order valence-corrected chi connectivity index (χ4v) is 8.37. The van der Waals surface area contributed by atoms with Crippen molar-refractivity contribution in [1.82, 2.24) is 15.1 Å². The summed E-state index contributed by atoms with van der Waals surface area (Å²) in [6.45, 7) is 5.74. The molecule has 1 spiro atoms. The molecule has 0 unspecified atom stereocenters. The lowest BCUT2D eigenvalue weighted by molar-refractivity contribution is -0.141. The lowest BCUT2D eigenvalue weighted by atomic mass is 9.74. The predicted molar refractivity (Wildman–Crippen MR) is 159 cm³/mol. The van der Waals surface area contributed by atoms with E-state index in [9.17, 15) is 14.4 Å². The van der Waals surface area contributed by atoms with E-state index in [1.54, 1.807) is 23.1 Å². The molecule has 4 heterocycles. The molecule has 41 heavy (non-hydrogen) atoms. The van der Waals surface area contributed by atoms with E-state index in [0.717, 1.165) is 51.7 Å². The molecule has 8 nitrogen and oxygen atoms in total. The van der Waals surface area contributed by atoms with Gasteiger partial charge in [-0.25, -0.2) is 0 Å². The molecule has 3 amide bonds. The fraction of sp³-hybridized carbons (Fsp3) is 0.645. The van der Waals surface area contributed by atoms with E-state index >= 15 is 0 Å². The minimum Gasteiger partial charge on any atom is -0.359 e. The van der Waals surface area contributed by atoms with Gasteiger partial charge < -0.3 is 25.2 Å². The van der Waals surface area contributed by atoms with E-state index in [-0.39, 0.29) is 23.8 Å². The molecule has 4 fully saturated rings. The quantitative estimate of drug-likeness (QED) is 0.423. The van der Waals surface area contributed by atoms with Crippen molar-refractivity contribution in [3.05, 3.63) is 40.4 Å². The van der Waals surface area contributed by atoms with E-state index in [0.29, 0.717) is 28.2 Å². The fourth-order valence-electron chi connectivity index (χ4n) is 7.84. The summed E-state index contributed by atoms with van der Waals surface area (Å²) in [6, 6.07) is 4.13. The van der Waals surface area contributed by atoms with Crippen LogP contribution in [0.1, 0.15) is 58.3 Å². The Morgan fingerprint density at radius 2 is 1.78 bits per heavy atom. The van der Waals surface area contributed by atoms with Gasteiger partial charge in [-0.15, -0.1) is 0 Å². The molecule has 6 rings (SSSR count). The second-order valence-electron chi connectivity index (χ2n) is 12.6. The third-order valence-electron chi connectivity index (χ3n) is 9.62. The smallest absolute Gasteiger partial charge is 0.246 e. The molecule has 4 aliphatic heterocycles. The Bertz CT molecular complexity index is 1200. The summed E-state index contributed by atoms with van der Waals surface area (Å²) >= 11 is 12.3. The highest BCUT2D eigenvalue weighted by molar-refractivity contribution is 6.35. The van der Waals surface area contributed by atoms with Gasteiger partial charge in [-0.2, -0.15) is 0 Å². The maximum atomic E-state index is 14.2. The summed E-state index contributed by atoms with van der Waals surface area (Å²) in [6.07, 6.45) is 11.6. The standard InChI is InChI=1S/C31H40Cl2N4O4/c1-19-7-5-12-36(18-19)13-6-14-37-27(29(39)34-22-8-3-2-4-9-22)31-11-10-24(41-31)25(26(31)30(37)40)28(38)35-23-16-20(32)15-21(33)17-23/h10-11,15-17,19,22,24-27H,2-9,12-14,18H2,1H3,(H,34,39)(H,35,38)/t19-,24+,25-,26+,27-,31+/m1/s1. The summed E-state index contributed by atoms with van der Waals surface area (Å²) in [5.41, 5.74) is -0.702. The van der Waals surface area contributed by atoms with Crippen LogP contribution in [-0.4, -0.2) is 77.5 Å². The zero-order valence-corrected chi connectivity index (χ0v) is 25.1. The Kier molecular flexibility index (Phi) is 8.38. The van der Waals surface area contributed by atoms with Gasteiger partial charge in [-0.3, -0.25) is 14.4 Å². The topological polar surface area (TPSA) is 91.0 Å². The van der Waals surface area contributed by atoms with E-state index in [4.69, 9.17) is 27.9 Å². The number of ether oxygens (including phenoxy) is 1. The number of carbonyl (C=O) groups excluding carboxylic acids is 3. The highest BCUT2D eigenvalue weighted by atomic mass is 35.5. The van der Waals surface area contributed by atoms with Crippen molar-refractivity contribution in [2.24, 2.45) is 17.8 Å². The number of likely N-dealkylation sites (tertiary alicyclic amines) is 2. The molecule has 1 aliphatic carbocycles. The van der Waals surface area contributed by atoms with E-state index in [1.165, 1.54) is 19.3 Å². The Balaban J connectivity index is 1.24. The molecular weight excluding hydrogens is 563 g/mol. The summed E-state index contributed by atoms with van der Waals surface area (Å²) in [5.74, 6) is -1.56. The third kappa shape index (κ3) is 5.65. The lowest BCUT2D eigenvalue weighted by Gasteiger charge is -2.35. The highest BCUT2D eigenvalue weighted by Crippen LogP contribution is 2.55. The number of hydrogen-bond donors (Lipinski definition) is 2. The van der Waals surface area contributed by atoms with Crippen LogP contribution in [0.4, 0.5) is 5.69 Å². The van der Waals surface area contributed by atoms with E-state index in [2.05, 4.69) is 22.5 Å². The number of nitrogens with zero attached hydrogens (tertiary/aromatic N) is 2. The minimum atomic E-state index is -1.16. The molecule has 6 atom stereocenters. The van der Waals surface area contributed by atoms with Gasteiger partial charge in [0.05, 0.1) is 17.9 Å².